The van der Waals surface area contributed by atoms with E-state index in [0.717, 1.165) is 44.8 Å². The number of hydrogen-bond acceptors (Lipinski definition) is 5. The Bertz CT molecular complexity index is 1090. The Hall–Kier alpha value is -2.44. The Morgan fingerprint density at radius 2 is 2.11 bits per heavy atom. The predicted octanol–water partition coefficient (Wildman–Crippen LogP) is 3.88. The third-order valence-corrected chi connectivity index (χ3v) is 6.11. The molecule has 1 fully saturated rings. The van der Waals surface area contributed by atoms with Crippen molar-refractivity contribution in [3.8, 4) is 10.4 Å². The number of rotatable bonds is 5. The van der Waals surface area contributed by atoms with E-state index < -0.39 is 5.97 Å². The van der Waals surface area contributed by atoms with Crippen molar-refractivity contribution in [3.05, 3.63) is 62.4 Å². The summed E-state index contributed by atoms with van der Waals surface area (Å²) in [6, 6.07) is 7.55. The molecule has 3 heterocycles. The van der Waals surface area contributed by atoms with Crippen LogP contribution in [0.15, 0.2) is 35.3 Å². The average molecular weight is 383 g/mol. The van der Waals surface area contributed by atoms with E-state index in [-0.39, 0.29) is 24.3 Å². The molecule has 1 saturated carbocycles. The van der Waals surface area contributed by atoms with Crippen molar-refractivity contribution in [1.82, 2.24) is 4.40 Å². The van der Waals surface area contributed by atoms with E-state index in [1.165, 1.54) is 0 Å². The van der Waals surface area contributed by atoms with E-state index in [0.29, 0.717) is 5.92 Å². The van der Waals surface area contributed by atoms with Crippen molar-refractivity contribution >= 4 is 22.8 Å². The summed E-state index contributed by atoms with van der Waals surface area (Å²) in [6.07, 6.45) is 3.87. The number of aryl methyl sites for hydroxylation is 1. The van der Waals surface area contributed by atoms with Crippen LogP contribution in [-0.2, 0) is 11.3 Å². The zero-order valence-corrected chi connectivity index (χ0v) is 16.1. The number of esters is 1. The molecular formula is C21H21NO4S. The molecule has 0 unspecified atom stereocenters. The first-order valence-electron chi connectivity index (χ1n) is 9.11. The van der Waals surface area contributed by atoms with Gasteiger partial charge in [-0.3, -0.25) is 9.20 Å². The van der Waals surface area contributed by atoms with Gasteiger partial charge >= 0.3 is 5.97 Å². The van der Waals surface area contributed by atoms with Crippen LogP contribution in [0.5, 0.6) is 0 Å². The lowest BCUT2D eigenvalue weighted by molar-refractivity contribution is 0.0524. The van der Waals surface area contributed by atoms with Crippen LogP contribution >= 0.6 is 11.3 Å². The smallest absolute Gasteiger partial charge is 0.343 e. The fourth-order valence-electron chi connectivity index (χ4n) is 3.53. The summed E-state index contributed by atoms with van der Waals surface area (Å²) in [5.74, 6) is -0.189. The lowest BCUT2D eigenvalue weighted by Crippen LogP contribution is -2.25. The van der Waals surface area contributed by atoms with Gasteiger partial charge in [0, 0.05) is 16.0 Å². The van der Waals surface area contributed by atoms with E-state index in [1.54, 1.807) is 34.9 Å². The minimum atomic E-state index is -0.564. The zero-order valence-electron chi connectivity index (χ0n) is 15.3. The number of ether oxygens (including phenoxy) is 1. The third kappa shape index (κ3) is 3.09. The highest BCUT2D eigenvalue weighted by atomic mass is 32.1. The van der Waals surface area contributed by atoms with Gasteiger partial charge in [0.05, 0.1) is 18.7 Å². The van der Waals surface area contributed by atoms with Crippen molar-refractivity contribution in [3.63, 3.8) is 0 Å². The molecule has 0 atom stereocenters. The normalized spacial score (nSPS) is 13.9. The topological polar surface area (TPSA) is 68.0 Å². The van der Waals surface area contributed by atoms with Crippen LogP contribution in [0.3, 0.4) is 0 Å². The highest BCUT2D eigenvalue weighted by Crippen LogP contribution is 2.44. The highest BCUT2D eigenvalue weighted by molar-refractivity contribution is 7.15. The molecule has 0 spiro atoms. The molecule has 0 bridgehead atoms. The Labute approximate surface area is 160 Å². The Morgan fingerprint density at radius 3 is 2.74 bits per heavy atom. The molecule has 3 aromatic rings. The molecule has 0 aromatic carbocycles. The number of pyridine rings is 2. The maximum Gasteiger partial charge on any atom is 0.343 e. The fourth-order valence-corrected chi connectivity index (χ4v) is 4.48. The molecule has 0 saturated heterocycles. The van der Waals surface area contributed by atoms with Crippen LogP contribution in [-0.4, -0.2) is 22.1 Å². The predicted molar refractivity (Wildman–Crippen MR) is 106 cm³/mol. The number of hydrogen-bond donors (Lipinski definition) is 1. The molecule has 0 amide bonds. The van der Waals surface area contributed by atoms with E-state index >= 15 is 0 Å². The van der Waals surface area contributed by atoms with Crippen molar-refractivity contribution in [2.24, 2.45) is 0 Å². The zero-order chi connectivity index (χ0) is 19.1. The van der Waals surface area contributed by atoms with Gasteiger partial charge < -0.3 is 9.84 Å². The van der Waals surface area contributed by atoms with Gasteiger partial charge in [0.25, 0.3) is 5.56 Å². The van der Waals surface area contributed by atoms with Gasteiger partial charge in [0.1, 0.15) is 5.56 Å². The fraction of sp³-hybridized carbons (Fsp3) is 0.333. The SMILES string of the molecule is CCOC(=O)c1cc(C2CC2)c2c(C)c(-c3ccc(CO)s3)ccn2c1=O. The second-order valence-electron chi connectivity index (χ2n) is 6.81. The number of nitrogens with zero attached hydrogens (tertiary/aromatic N) is 1. The van der Waals surface area contributed by atoms with E-state index in [9.17, 15) is 14.7 Å². The number of aliphatic hydroxyl groups is 1. The van der Waals surface area contributed by atoms with Crippen LogP contribution in [0, 0.1) is 6.92 Å². The summed E-state index contributed by atoms with van der Waals surface area (Å²) in [4.78, 5) is 27.1. The molecule has 1 aliphatic carbocycles. The maximum atomic E-state index is 12.9. The number of carbonyl (C=O) groups excluding carboxylic acids is 1. The Kier molecular flexibility index (Phi) is 4.61. The molecule has 0 radical (unpaired) electrons. The van der Waals surface area contributed by atoms with Crippen LogP contribution in [0.2, 0.25) is 0 Å². The van der Waals surface area contributed by atoms with Crippen molar-refractivity contribution in [1.29, 1.82) is 0 Å². The van der Waals surface area contributed by atoms with Gasteiger partial charge in [-0.05, 0) is 73.6 Å². The van der Waals surface area contributed by atoms with Crippen LogP contribution in [0.1, 0.15) is 52.0 Å². The molecule has 0 aliphatic heterocycles. The molecule has 4 rings (SSSR count). The number of aromatic nitrogens is 1. The second kappa shape index (κ2) is 6.94. The van der Waals surface area contributed by atoms with Crippen LogP contribution in [0.4, 0.5) is 0 Å². The number of aliphatic hydroxyl groups excluding tert-OH is 1. The first-order valence-corrected chi connectivity index (χ1v) is 9.92. The first kappa shape index (κ1) is 17.9. The molecule has 3 aromatic heterocycles. The van der Waals surface area contributed by atoms with Gasteiger partial charge in [0.15, 0.2) is 0 Å². The van der Waals surface area contributed by atoms with Crippen molar-refractivity contribution in [2.75, 3.05) is 6.61 Å². The molecular weight excluding hydrogens is 362 g/mol. The number of thiophene rings is 1. The van der Waals surface area contributed by atoms with Crippen LogP contribution < -0.4 is 5.56 Å². The molecule has 5 nitrogen and oxygen atoms in total. The summed E-state index contributed by atoms with van der Waals surface area (Å²) >= 11 is 1.55. The minimum Gasteiger partial charge on any atom is -0.462 e. The summed E-state index contributed by atoms with van der Waals surface area (Å²) in [5.41, 5.74) is 3.73. The Morgan fingerprint density at radius 1 is 1.33 bits per heavy atom. The largest absolute Gasteiger partial charge is 0.462 e. The van der Waals surface area contributed by atoms with Crippen molar-refractivity contribution in [2.45, 2.75) is 39.2 Å². The van der Waals surface area contributed by atoms with Gasteiger partial charge in [-0.2, -0.15) is 0 Å². The van der Waals surface area contributed by atoms with E-state index in [1.807, 2.05) is 25.1 Å². The Balaban J connectivity index is 1.96. The third-order valence-electron chi connectivity index (χ3n) is 5.01. The van der Waals surface area contributed by atoms with Gasteiger partial charge in [-0.1, -0.05) is 0 Å². The van der Waals surface area contributed by atoms with Crippen LogP contribution in [0.25, 0.3) is 16.0 Å². The maximum absolute atomic E-state index is 12.9. The first-order chi connectivity index (χ1) is 13.0. The quantitative estimate of drug-likeness (QED) is 0.679. The van der Waals surface area contributed by atoms with Gasteiger partial charge in [0.2, 0.25) is 0 Å². The molecule has 6 heteroatoms. The van der Waals surface area contributed by atoms with E-state index in [2.05, 4.69) is 0 Å². The standard InChI is InChI=1S/C21H21NO4S/c1-3-26-21(25)17-10-16(13-4-5-13)19-12(2)15(8-9-22(19)20(17)24)18-7-6-14(11-23)27-18/h6-10,13,23H,3-5,11H2,1-2H3. The summed E-state index contributed by atoms with van der Waals surface area (Å²) in [5, 5.41) is 9.35. The summed E-state index contributed by atoms with van der Waals surface area (Å²) < 4.78 is 6.66. The number of fused-ring (bicyclic) bond motifs is 1. The molecule has 27 heavy (non-hydrogen) atoms. The minimum absolute atomic E-state index is 0.0208. The van der Waals surface area contributed by atoms with E-state index in [4.69, 9.17) is 4.74 Å². The van der Waals surface area contributed by atoms with Gasteiger partial charge in [-0.15, -0.1) is 11.3 Å². The van der Waals surface area contributed by atoms with Gasteiger partial charge in [-0.25, -0.2) is 4.79 Å². The molecule has 140 valence electrons. The monoisotopic (exact) mass is 383 g/mol. The lowest BCUT2D eigenvalue weighted by Gasteiger charge is -2.15. The average Bonchev–Trinajstić information content (AvgIpc) is 3.39. The lowest BCUT2D eigenvalue weighted by atomic mass is 10.00. The molecule has 1 N–H and O–H groups in total. The second-order valence-corrected chi connectivity index (χ2v) is 7.98. The highest BCUT2D eigenvalue weighted by Gasteiger charge is 2.29. The molecule has 1 aliphatic rings. The van der Waals surface area contributed by atoms with Crippen molar-refractivity contribution < 1.29 is 14.6 Å². The number of carbonyl (C=O) groups is 1. The summed E-state index contributed by atoms with van der Waals surface area (Å²) in [6.45, 7) is 4.01. The summed E-state index contributed by atoms with van der Waals surface area (Å²) in [7, 11) is 0.